The molecule has 7 nitrogen and oxygen atoms in total. The average Bonchev–Trinajstić information content (AvgIpc) is 2.20. The summed E-state index contributed by atoms with van der Waals surface area (Å²) in [5, 5.41) is 2.40. The Bertz CT molecular complexity index is 323. The van der Waals surface area contributed by atoms with E-state index < -0.39 is 29.4 Å². The highest BCUT2D eigenvalue weighted by atomic mass is 16.6. The van der Waals surface area contributed by atoms with Crippen molar-refractivity contribution in [3.05, 3.63) is 0 Å². The summed E-state index contributed by atoms with van der Waals surface area (Å²) < 4.78 is 5.13. The third-order valence-corrected chi connectivity index (χ3v) is 1.89. The van der Waals surface area contributed by atoms with Crippen LogP contribution >= 0.6 is 0 Å². The van der Waals surface area contributed by atoms with Gasteiger partial charge >= 0.3 is 5.97 Å². The number of amides is 2. The van der Waals surface area contributed by atoms with Crippen LogP contribution < -0.4 is 16.8 Å². The molecular formula is C11H21N3O4. The van der Waals surface area contributed by atoms with Gasteiger partial charge in [-0.2, -0.15) is 0 Å². The molecule has 0 aromatic heterocycles. The molecule has 0 aromatic carbocycles. The summed E-state index contributed by atoms with van der Waals surface area (Å²) in [6, 6.07) is -0.909. The number of nitrogens with two attached hydrogens (primary N) is 2. The molecule has 0 saturated heterocycles. The van der Waals surface area contributed by atoms with Crippen LogP contribution in [0.25, 0.3) is 0 Å². The van der Waals surface area contributed by atoms with E-state index in [2.05, 4.69) is 5.32 Å². The van der Waals surface area contributed by atoms with Gasteiger partial charge in [-0.15, -0.1) is 0 Å². The Morgan fingerprint density at radius 2 is 1.83 bits per heavy atom. The van der Waals surface area contributed by atoms with E-state index in [1.807, 2.05) is 0 Å². The van der Waals surface area contributed by atoms with Crippen LogP contribution in [0.5, 0.6) is 0 Å². The summed E-state index contributed by atoms with van der Waals surface area (Å²) in [7, 11) is 0. The Balaban J connectivity index is 4.58. The number of nitrogens with one attached hydrogen (secondary N) is 1. The van der Waals surface area contributed by atoms with Crippen LogP contribution in [0.15, 0.2) is 0 Å². The van der Waals surface area contributed by atoms with Gasteiger partial charge in [0.05, 0.1) is 6.54 Å². The Morgan fingerprint density at radius 3 is 2.22 bits per heavy atom. The zero-order chi connectivity index (χ0) is 14.3. The molecular weight excluding hydrogens is 238 g/mol. The lowest BCUT2D eigenvalue weighted by Crippen LogP contribution is -2.46. The molecule has 0 aliphatic rings. The lowest BCUT2D eigenvalue weighted by atomic mass is 10.1. The third-order valence-electron chi connectivity index (χ3n) is 1.89. The van der Waals surface area contributed by atoms with Crippen molar-refractivity contribution in [1.29, 1.82) is 0 Å². The highest BCUT2D eigenvalue weighted by Crippen LogP contribution is 2.10. The smallest absolute Gasteiger partial charge is 0.329 e. The van der Waals surface area contributed by atoms with Gasteiger partial charge in [0.1, 0.15) is 11.6 Å². The molecule has 18 heavy (non-hydrogen) atoms. The van der Waals surface area contributed by atoms with E-state index in [1.165, 1.54) is 0 Å². The van der Waals surface area contributed by atoms with Crippen LogP contribution in [0, 0.1) is 0 Å². The van der Waals surface area contributed by atoms with Gasteiger partial charge in [0.2, 0.25) is 11.8 Å². The maximum Gasteiger partial charge on any atom is 0.329 e. The molecule has 0 heterocycles. The fraction of sp³-hybridized carbons (Fsp3) is 0.727. The van der Waals surface area contributed by atoms with Crippen molar-refractivity contribution in [2.24, 2.45) is 11.5 Å². The van der Waals surface area contributed by atoms with Gasteiger partial charge in [-0.1, -0.05) is 0 Å². The van der Waals surface area contributed by atoms with Gasteiger partial charge in [-0.3, -0.25) is 9.59 Å². The minimum Gasteiger partial charge on any atom is -0.458 e. The highest BCUT2D eigenvalue weighted by Gasteiger charge is 2.26. The van der Waals surface area contributed by atoms with Crippen LogP contribution in [-0.2, 0) is 19.1 Å². The van der Waals surface area contributed by atoms with E-state index in [0.717, 1.165) is 0 Å². The Kier molecular flexibility index (Phi) is 6.32. The number of hydrogen-bond donors (Lipinski definition) is 3. The number of rotatable bonds is 6. The zero-order valence-corrected chi connectivity index (χ0v) is 11.0. The topological polar surface area (TPSA) is 125 Å². The minimum absolute atomic E-state index is 0.0191. The van der Waals surface area contributed by atoms with Crippen molar-refractivity contribution in [2.45, 2.75) is 45.3 Å². The van der Waals surface area contributed by atoms with E-state index in [4.69, 9.17) is 16.2 Å². The summed E-state index contributed by atoms with van der Waals surface area (Å²) >= 11 is 0. The summed E-state index contributed by atoms with van der Waals surface area (Å²) in [6.45, 7) is 4.89. The first-order chi connectivity index (χ1) is 8.15. The second-order valence-corrected chi connectivity index (χ2v) is 4.86. The first-order valence-electron chi connectivity index (χ1n) is 5.66. The Hall–Kier alpha value is -1.63. The molecule has 2 amide bonds. The van der Waals surface area contributed by atoms with E-state index in [9.17, 15) is 14.4 Å². The monoisotopic (exact) mass is 259 g/mol. The number of primary amides is 1. The normalized spacial score (nSPS) is 12.7. The van der Waals surface area contributed by atoms with Crippen LogP contribution in [-0.4, -0.2) is 36.0 Å². The number of esters is 1. The van der Waals surface area contributed by atoms with Crippen molar-refractivity contribution in [3.63, 3.8) is 0 Å². The number of hydrogen-bond acceptors (Lipinski definition) is 5. The molecule has 1 unspecified atom stereocenters. The van der Waals surface area contributed by atoms with Crippen molar-refractivity contribution in [3.8, 4) is 0 Å². The van der Waals surface area contributed by atoms with Crippen molar-refractivity contribution < 1.29 is 19.1 Å². The van der Waals surface area contributed by atoms with Crippen molar-refractivity contribution >= 4 is 17.8 Å². The Labute approximate surface area is 106 Å². The summed E-state index contributed by atoms with van der Waals surface area (Å²) in [5.74, 6) is -1.65. The molecule has 104 valence electrons. The molecule has 0 rings (SSSR count). The maximum absolute atomic E-state index is 11.8. The molecule has 0 aliphatic carbocycles. The van der Waals surface area contributed by atoms with Gasteiger partial charge in [0.25, 0.3) is 0 Å². The first kappa shape index (κ1) is 16.4. The van der Waals surface area contributed by atoms with Crippen LogP contribution in [0.4, 0.5) is 0 Å². The lowest BCUT2D eigenvalue weighted by molar-refractivity contribution is -0.158. The van der Waals surface area contributed by atoms with Crippen molar-refractivity contribution in [1.82, 2.24) is 5.32 Å². The second kappa shape index (κ2) is 6.95. The average molecular weight is 259 g/mol. The highest BCUT2D eigenvalue weighted by molar-refractivity contribution is 5.86. The molecule has 0 aliphatic heterocycles. The largest absolute Gasteiger partial charge is 0.458 e. The van der Waals surface area contributed by atoms with E-state index in [1.54, 1.807) is 20.8 Å². The SMILES string of the molecule is CC(C)(C)OC(=O)C(CCC(N)=O)NC(=O)CN. The van der Waals surface area contributed by atoms with Crippen LogP contribution in [0.2, 0.25) is 0 Å². The van der Waals surface area contributed by atoms with Gasteiger partial charge in [-0.05, 0) is 27.2 Å². The number of carbonyl (C=O) groups is 3. The lowest BCUT2D eigenvalue weighted by Gasteiger charge is -2.24. The van der Waals surface area contributed by atoms with Crippen LogP contribution in [0.3, 0.4) is 0 Å². The third kappa shape index (κ3) is 7.61. The molecule has 0 bridgehead atoms. The second-order valence-electron chi connectivity index (χ2n) is 4.86. The first-order valence-corrected chi connectivity index (χ1v) is 5.66. The molecule has 0 fully saturated rings. The standard InChI is InChI=1S/C11H21N3O4/c1-11(2,3)18-10(17)7(4-5-8(13)15)14-9(16)6-12/h7H,4-6,12H2,1-3H3,(H2,13,15)(H,14,16). The number of carbonyl (C=O) groups excluding carboxylic acids is 3. The molecule has 0 aromatic rings. The fourth-order valence-corrected chi connectivity index (χ4v) is 1.16. The van der Waals surface area contributed by atoms with Gasteiger partial charge in [-0.25, -0.2) is 4.79 Å². The number of ether oxygens (including phenoxy) is 1. The van der Waals surface area contributed by atoms with Gasteiger partial charge in [0.15, 0.2) is 0 Å². The van der Waals surface area contributed by atoms with Crippen LogP contribution in [0.1, 0.15) is 33.6 Å². The predicted octanol–water partition coefficient (Wildman–Crippen LogP) is -0.963. The molecule has 0 spiro atoms. The zero-order valence-electron chi connectivity index (χ0n) is 11.0. The van der Waals surface area contributed by atoms with E-state index in [0.29, 0.717) is 0 Å². The summed E-state index contributed by atoms with van der Waals surface area (Å²) in [5.41, 5.74) is 9.48. The minimum atomic E-state index is -0.909. The Morgan fingerprint density at radius 1 is 1.28 bits per heavy atom. The fourth-order valence-electron chi connectivity index (χ4n) is 1.16. The van der Waals surface area contributed by atoms with Gasteiger partial charge in [0, 0.05) is 6.42 Å². The van der Waals surface area contributed by atoms with E-state index in [-0.39, 0.29) is 19.4 Å². The molecule has 7 heteroatoms. The summed E-state index contributed by atoms with van der Waals surface area (Å²) in [6.07, 6.45) is 0.0742. The summed E-state index contributed by atoms with van der Waals surface area (Å²) in [4.78, 5) is 33.7. The molecule has 0 saturated carbocycles. The van der Waals surface area contributed by atoms with Gasteiger partial charge < -0.3 is 21.5 Å². The molecule has 1 atom stereocenters. The maximum atomic E-state index is 11.8. The molecule has 5 N–H and O–H groups in total. The quantitative estimate of drug-likeness (QED) is 0.530. The van der Waals surface area contributed by atoms with Crippen molar-refractivity contribution in [2.75, 3.05) is 6.54 Å². The predicted molar refractivity (Wildman–Crippen MR) is 65.3 cm³/mol. The van der Waals surface area contributed by atoms with E-state index >= 15 is 0 Å². The molecule has 0 radical (unpaired) electrons.